The van der Waals surface area contributed by atoms with E-state index in [0.29, 0.717) is 0 Å². The maximum Gasteiger partial charge on any atom is 0.160 e. The van der Waals surface area contributed by atoms with Crippen LogP contribution in [0.4, 0.5) is 0 Å². The number of nitrogens with zero attached hydrogens (tertiary/aromatic N) is 1. The molecule has 2 rings (SSSR count). The first-order chi connectivity index (χ1) is 8.22. The summed E-state index contributed by atoms with van der Waals surface area (Å²) in [7, 11) is 3.27. The summed E-state index contributed by atoms with van der Waals surface area (Å²) in [5.41, 5.74) is 3.24. The van der Waals surface area contributed by atoms with Crippen molar-refractivity contribution in [1.82, 2.24) is 10.2 Å². The van der Waals surface area contributed by atoms with Crippen molar-refractivity contribution in [2.75, 3.05) is 14.2 Å². The summed E-state index contributed by atoms with van der Waals surface area (Å²) in [6.45, 7) is 1.99. The first-order valence-electron chi connectivity index (χ1n) is 5.44. The number of nitrogens with one attached hydrogen (secondary N) is 1. The van der Waals surface area contributed by atoms with E-state index in [2.05, 4.69) is 10.2 Å². The number of benzene rings is 1. The van der Waals surface area contributed by atoms with E-state index in [0.717, 1.165) is 34.9 Å². The molecule has 4 heteroatoms. The van der Waals surface area contributed by atoms with Gasteiger partial charge in [-0.3, -0.25) is 5.10 Å². The number of ether oxygens (including phenoxy) is 2. The molecule has 0 fully saturated rings. The Morgan fingerprint density at radius 3 is 2.47 bits per heavy atom. The van der Waals surface area contributed by atoms with E-state index in [9.17, 15) is 0 Å². The van der Waals surface area contributed by atoms with E-state index in [1.54, 1.807) is 14.2 Å². The van der Waals surface area contributed by atoms with Crippen molar-refractivity contribution in [3.8, 4) is 11.5 Å². The molecule has 0 aliphatic heterocycles. The zero-order valence-corrected chi connectivity index (χ0v) is 10.3. The van der Waals surface area contributed by atoms with Gasteiger partial charge < -0.3 is 9.47 Å². The lowest BCUT2D eigenvalue weighted by Gasteiger charge is -2.08. The van der Waals surface area contributed by atoms with Gasteiger partial charge in [0.1, 0.15) is 0 Å². The van der Waals surface area contributed by atoms with Gasteiger partial charge in [-0.1, -0.05) is 6.07 Å². The van der Waals surface area contributed by atoms with Crippen molar-refractivity contribution in [3.63, 3.8) is 0 Å². The fraction of sp³-hybridized carbons (Fsp3) is 0.308. The molecule has 0 radical (unpaired) electrons. The smallest absolute Gasteiger partial charge is 0.160 e. The maximum atomic E-state index is 5.27. The maximum absolute atomic E-state index is 5.27. The molecule has 0 amide bonds. The van der Waals surface area contributed by atoms with E-state index in [1.165, 1.54) is 0 Å². The summed E-state index contributed by atoms with van der Waals surface area (Å²) in [6.07, 6.45) is 0.782. The Morgan fingerprint density at radius 1 is 1.12 bits per heavy atom. The second-order valence-electron chi connectivity index (χ2n) is 3.91. The van der Waals surface area contributed by atoms with Gasteiger partial charge in [-0.05, 0) is 30.7 Å². The monoisotopic (exact) mass is 232 g/mol. The van der Waals surface area contributed by atoms with Crippen LogP contribution < -0.4 is 9.47 Å². The SMILES string of the molecule is COc1ccc(Cc2cc(C)[nH]n2)cc1OC. The first kappa shape index (κ1) is 11.5. The van der Waals surface area contributed by atoms with Crippen LogP contribution >= 0.6 is 0 Å². The molecular weight excluding hydrogens is 216 g/mol. The molecule has 0 atom stereocenters. The third kappa shape index (κ3) is 2.58. The molecular formula is C13H16N2O2. The molecule has 0 spiro atoms. The largest absolute Gasteiger partial charge is 0.493 e. The highest BCUT2D eigenvalue weighted by Crippen LogP contribution is 2.28. The number of aryl methyl sites for hydroxylation is 1. The van der Waals surface area contributed by atoms with E-state index in [1.807, 2.05) is 31.2 Å². The van der Waals surface area contributed by atoms with Crippen LogP contribution in [0.5, 0.6) is 11.5 Å². The Hall–Kier alpha value is -1.97. The van der Waals surface area contributed by atoms with Crippen LogP contribution in [0.3, 0.4) is 0 Å². The fourth-order valence-corrected chi connectivity index (χ4v) is 1.76. The molecule has 1 aromatic carbocycles. The number of aromatic nitrogens is 2. The number of methoxy groups -OCH3 is 2. The Labute approximate surface area is 101 Å². The highest BCUT2D eigenvalue weighted by Gasteiger charge is 2.06. The molecule has 4 nitrogen and oxygen atoms in total. The van der Waals surface area contributed by atoms with Crippen LogP contribution in [0.1, 0.15) is 17.0 Å². The molecule has 90 valence electrons. The Balaban J connectivity index is 2.22. The molecule has 2 aromatic rings. The van der Waals surface area contributed by atoms with Gasteiger partial charge in [-0.25, -0.2) is 0 Å². The zero-order valence-electron chi connectivity index (χ0n) is 10.3. The average Bonchev–Trinajstić information content (AvgIpc) is 2.74. The van der Waals surface area contributed by atoms with Crippen LogP contribution in [0.2, 0.25) is 0 Å². The average molecular weight is 232 g/mol. The van der Waals surface area contributed by atoms with Gasteiger partial charge in [0.2, 0.25) is 0 Å². The van der Waals surface area contributed by atoms with E-state index < -0.39 is 0 Å². The Bertz CT molecular complexity index is 506. The minimum absolute atomic E-state index is 0.745. The molecule has 17 heavy (non-hydrogen) atoms. The zero-order chi connectivity index (χ0) is 12.3. The van der Waals surface area contributed by atoms with Crippen molar-refractivity contribution >= 4 is 0 Å². The highest BCUT2D eigenvalue weighted by atomic mass is 16.5. The molecule has 1 N–H and O–H groups in total. The molecule has 0 saturated carbocycles. The minimum atomic E-state index is 0.745. The molecule has 0 aliphatic carbocycles. The van der Waals surface area contributed by atoms with Crippen molar-refractivity contribution < 1.29 is 9.47 Å². The normalized spacial score (nSPS) is 10.3. The van der Waals surface area contributed by atoms with Gasteiger partial charge in [-0.15, -0.1) is 0 Å². The molecule has 0 aliphatic rings. The number of hydrogen-bond donors (Lipinski definition) is 1. The lowest BCUT2D eigenvalue weighted by Crippen LogP contribution is -1.94. The number of rotatable bonds is 4. The lowest BCUT2D eigenvalue weighted by atomic mass is 10.1. The second-order valence-corrected chi connectivity index (χ2v) is 3.91. The lowest BCUT2D eigenvalue weighted by molar-refractivity contribution is 0.354. The molecule has 1 heterocycles. The first-order valence-corrected chi connectivity index (χ1v) is 5.44. The topological polar surface area (TPSA) is 47.1 Å². The molecule has 0 saturated heterocycles. The van der Waals surface area contributed by atoms with Gasteiger partial charge in [0.25, 0.3) is 0 Å². The fourth-order valence-electron chi connectivity index (χ4n) is 1.76. The van der Waals surface area contributed by atoms with Crippen LogP contribution in [0.15, 0.2) is 24.3 Å². The second kappa shape index (κ2) is 4.91. The predicted octanol–water partition coefficient (Wildman–Crippen LogP) is 2.33. The Kier molecular flexibility index (Phi) is 3.32. The van der Waals surface area contributed by atoms with Crippen LogP contribution in [-0.4, -0.2) is 24.4 Å². The quantitative estimate of drug-likeness (QED) is 0.880. The van der Waals surface area contributed by atoms with Crippen LogP contribution in [0, 0.1) is 6.92 Å². The van der Waals surface area contributed by atoms with Crippen molar-refractivity contribution in [3.05, 3.63) is 41.2 Å². The summed E-state index contributed by atoms with van der Waals surface area (Å²) < 4.78 is 10.5. The summed E-state index contributed by atoms with van der Waals surface area (Å²) in [6, 6.07) is 7.94. The summed E-state index contributed by atoms with van der Waals surface area (Å²) in [5.74, 6) is 1.49. The number of H-pyrrole nitrogens is 1. The third-order valence-corrected chi connectivity index (χ3v) is 2.59. The van der Waals surface area contributed by atoms with Gasteiger partial charge in [0.15, 0.2) is 11.5 Å². The van der Waals surface area contributed by atoms with Crippen LogP contribution in [0.25, 0.3) is 0 Å². The van der Waals surface area contributed by atoms with Gasteiger partial charge in [0.05, 0.1) is 19.9 Å². The highest BCUT2D eigenvalue weighted by molar-refractivity contribution is 5.43. The predicted molar refractivity (Wildman–Crippen MR) is 65.7 cm³/mol. The summed E-state index contributed by atoms with van der Waals surface area (Å²) in [4.78, 5) is 0. The van der Waals surface area contributed by atoms with Crippen molar-refractivity contribution in [2.24, 2.45) is 0 Å². The summed E-state index contributed by atoms with van der Waals surface area (Å²) >= 11 is 0. The molecule has 0 unspecified atom stereocenters. The molecule has 1 aromatic heterocycles. The molecule has 0 bridgehead atoms. The number of hydrogen-bond acceptors (Lipinski definition) is 3. The van der Waals surface area contributed by atoms with Gasteiger partial charge in [-0.2, -0.15) is 5.10 Å². The Morgan fingerprint density at radius 2 is 1.88 bits per heavy atom. The van der Waals surface area contributed by atoms with E-state index in [4.69, 9.17) is 9.47 Å². The van der Waals surface area contributed by atoms with Gasteiger partial charge in [0, 0.05) is 12.1 Å². The van der Waals surface area contributed by atoms with E-state index >= 15 is 0 Å². The minimum Gasteiger partial charge on any atom is -0.493 e. The van der Waals surface area contributed by atoms with Crippen LogP contribution in [-0.2, 0) is 6.42 Å². The number of aromatic amines is 1. The summed E-state index contributed by atoms with van der Waals surface area (Å²) in [5, 5.41) is 7.15. The third-order valence-electron chi connectivity index (χ3n) is 2.59. The van der Waals surface area contributed by atoms with Crippen molar-refractivity contribution in [1.29, 1.82) is 0 Å². The van der Waals surface area contributed by atoms with Crippen molar-refractivity contribution in [2.45, 2.75) is 13.3 Å². The van der Waals surface area contributed by atoms with Gasteiger partial charge >= 0.3 is 0 Å². The standard InChI is InChI=1S/C13H16N2O2/c1-9-6-11(15-14-9)7-10-4-5-12(16-2)13(8-10)17-3/h4-6,8H,7H2,1-3H3,(H,14,15). The van der Waals surface area contributed by atoms with E-state index in [-0.39, 0.29) is 0 Å².